The third-order valence-electron chi connectivity index (χ3n) is 0. The predicted molar refractivity (Wildman–Crippen MR) is 336 cm³/mol. The summed E-state index contributed by atoms with van der Waals surface area (Å²) in [4.78, 5) is 0. The summed E-state index contributed by atoms with van der Waals surface area (Å²) in [5.74, 6) is 0. The van der Waals surface area contributed by atoms with E-state index in [4.69, 9.17) is 0 Å². The van der Waals surface area contributed by atoms with Gasteiger partial charge >= 0.3 is 1240 Å². The van der Waals surface area contributed by atoms with Crippen LogP contribution in [0.1, 0.15) is 0 Å². The summed E-state index contributed by atoms with van der Waals surface area (Å²) in [5.41, 5.74) is 0. The van der Waals surface area contributed by atoms with Crippen LogP contribution in [0.5, 0.6) is 0 Å². The Morgan fingerprint density at radius 2 is 0.0426 bits per heavy atom. The molecule has 0 aromatic rings. The van der Waals surface area contributed by atoms with E-state index in [9.17, 15) is 0 Å². The Kier molecular flexibility index (Phi) is 3020. The SMILES string of the molecule is Cl.Cl.Cl.Cl.Cl.[NaH].[NaH].[NaH].[NaH].[NaH].[NaH].[NaH].[NaH].[NaH].[NaH].[NaH].[NaH].[NaH].[NaH].[NaH].[NaH].[NaH].[NaH].[NaH].[NaH].[NaH].[NaH].[NaH].[NaH].[NaH].[NaH].[NaH].[NaH].[NaH].[NaH].[NaH].[NaH].[NaH].[NaH].[NaH].[NaH].[NaH].[NaH].[NaH].[NaH].[NaH].[NaH]. The molecule has 47 heteroatoms. The molecule has 0 radical (unpaired) electrons. The standard InChI is InChI=1S/5ClH.42Na.42H/h5*1H;;;;;;;;;;;;;;;;;;;;;;;;;;;;;;;;;;;;;;;;;;;;;;;;;;;;;;;;;;;;;;;;;;;;;;;;;;;;;;;;;;;;. The average molecular weight is 1190 g/mol. The molecular weight excluding hydrogens is 1140 g/mol. The van der Waals surface area contributed by atoms with E-state index < -0.39 is 0 Å². The van der Waals surface area contributed by atoms with Crippen LogP contribution < -0.4 is 0 Å². The summed E-state index contributed by atoms with van der Waals surface area (Å²) in [5, 5.41) is 0. The molecule has 124 valence electrons. The Morgan fingerprint density at radius 3 is 0.0426 bits per heavy atom. The molecule has 0 saturated heterocycles. The molecule has 47 heavy (non-hydrogen) atoms. The normalized spacial score (nSPS) is 0. The molecular formula is H47Cl5Na42. The van der Waals surface area contributed by atoms with Gasteiger partial charge in [-0.25, -0.2) is 0 Å². The summed E-state index contributed by atoms with van der Waals surface area (Å²) >= 11 is 0. The molecule has 0 aliphatic rings. The average Bonchev–Trinajstić information content (AvgIpc) is 0. The van der Waals surface area contributed by atoms with Crippen molar-refractivity contribution in [2.24, 2.45) is 0 Å². The molecule has 0 rings (SSSR count). The summed E-state index contributed by atoms with van der Waals surface area (Å²) in [6.07, 6.45) is 0. The van der Waals surface area contributed by atoms with Crippen molar-refractivity contribution in [2.75, 3.05) is 0 Å². The first-order valence-electron chi connectivity index (χ1n) is 0. The Labute approximate surface area is 1260 Å². The van der Waals surface area contributed by atoms with Crippen LogP contribution in [0.2, 0.25) is 0 Å². The molecule has 0 spiro atoms. The second-order valence-electron chi connectivity index (χ2n) is 0. The first-order valence-corrected chi connectivity index (χ1v) is 0. The van der Waals surface area contributed by atoms with E-state index in [1.165, 1.54) is 0 Å². The maximum absolute atomic E-state index is 0. The first-order chi connectivity index (χ1) is 0. The molecule has 0 aliphatic heterocycles. The van der Waals surface area contributed by atoms with Gasteiger partial charge in [-0.2, -0.15) is 0 Å². The summed E-state index contributed by atoms with van der Waals surface area (Å²) in [7, 11) is 0. The molecule has 0 bridgehead atoms. The summed E-state index contributed by atoms with van der Waals surface area (Å²) < 4.78 is 0. The van der Waals surface area contributed by atoms with Gasteiger partial charge in [0.1, 0.15) is 0 Å². The number of rotatable bonds is 0. The van der Waals surface area contributed by atoms with Crippen molar-refractivity contribution in [1.29, 1.82) is 0 Å². The molecule has 0 heterocycles. The predicted octanol–water partition coefficient (Wildman–Crippen LogP) is -25.1. The summed E-state index contributed by atoms with van der Waals surface area (Å²) in [6, 6.07) is 0. The molecule has 0 unspecified atom stereocenters. The Morgan fingerprint density at radius 1 is 0.0426 bits per heavy atom. The van der Waals surface area contributed by atoms with Crippen LogP contribution >= 0.6 is 62.0 Å². The van der Waals surface area contributed by atoms with Gasteiger partial charge in [0, 0.05) is 0 Å². The second kappa shape index (κ2) is 371. The van der Waals surface area contributed by atoms with Gasteiger partial charge in [0.2, 0.25) is 0 Å². The molecule has 0 saturated carbocycles. The number of halogens is 5. The van der Waals surface area contributed by atoms with Crippen LogP contribution in [-0.2, 0) is 0 Å². The summed E-state index contributed by atoms with van der Waals surface area (Å²) in [6.45, 7) is 0. The zero-order chi connectivity index (χ0) is 0. The van der Waals surface area contributed by atoms with E-state index in [1.807, 2.05) is 0 Å². The van der Waals surface area contributed by atoms with E-state index in [1.54, 1.807) is 0 Å². The second-order valence-corrected chi connectivity index (χ2v) is 0. The third kappa shape index (κ3) is 362. The molecule has 0 amide bonds. The zero-order valence-electron chi connectivity index (χ0n) is 2.04. The fourth-order valence-corrected chi connectivity index (χ4v) is 0. The maximum atomic E-state index is 0. The molecule has 0 fully saturated rings. The van der Waals surface area contributed by atoms with Crippen LogP contribution in [-0.4, -0.2) is 1240 Å². The van der Waals surface area contributed by atoms with Crippen molar-refractivity contribution in [3.8, 4) is 0 Å². The third-order valence-corrected chi connectivity index (χ3v) is 0. The van der Waals surface area contributed by atoms with Crippen molar-refractivity contribution >= 4 is 1300 Å². The van der Waals surface area contributed by atoms with E-state index in [-0.39, 0.29) is 1300 Å². The van der Waals surface area contributed by atoms with Crippen LogP contribution in [0, 0.1) is 0 Å². The molecule has 0 atom stereocenters. The molecule has 0 aromatic heterocycles. The van der Waals surface area contributed by atoms with Gasteiger partial charge in [0.15, 0.2) is 0 Å². The van der Waals surface area contributed by atoms with Gasteiger partial charge in [-0.1, -0.05) is 0 Å². The van der Waals surface area contributed by atoms with Crippen molar-refractivity contribution in [1.82, 2.24) is 0 Å². The van der Waals surface area contributed by atoms with Gasteiger partial charge in [-0.05, 0) is 0 Å². The fraction of sp³-hybridized carbons (Fsp3) is 0. The Balaban J connectivity index is 0. The van der Waals surface area contributed by atoms with Gasteiger partial charge in [0.05, 0.1) is 0 Å². The van der Waals surface area contributed by atoms with E-state index in [0.29, 0.717) is 0 Å². The van der Waals surface area contributed by atoms with Crippen molar-refractivity contribution in [2.45, 2.75) is 0 Å². The minimum absolute atomic E-state index is 0. The van der Waals surface area contributed by atoms with Crippen molar-refractivity contribution < 1.29 is 0 Å². The molecule has 0 nitrogen and oxygen atoms in total. The molecule has 0 aromatic carbocycles. The molecule has 0 aliphatic carbocycles. The minimum atomic E-state index is 0. The zero-order valence-corrected chi connectivity index (χ0v) is 6.12. The van der Waals surface area contributed by atoms with E-state index in [0.717, 1.165) is 0 Å². The van der Waals surface area contributed by atoms with Crippen molar-refractivity contribution in [3.63, 3.8) is 0 Å². The quantitative estimate of drug-likeness (QED) is 0.212. The van der Waals surface area contributed by atoms with Gasteiger partial charge in [0.25, 0.3) is 0 Å². The fourth-order valence-electron chi connectivity index (χ4n) is 0. The number of hydrogen-bond acceptors (Lipinski definition) is 0. The van der Waals surface area contributed by atoms with Crippen LogP contribution in [0.4, 0.5) is 0 Å². The number of hydrogen-bond donors (Lipinski definition) is 0. The van der Waals surface area contributed by atoms with Crippen molar-refractivity contribution in [3.05, 3.63) is 0 Å². The van der Waals surface area contributed by atoms with Crippen LogP contribution in [0.3, 0.4) is 0 Å². The van der Waals surface area contributed by atoms with Gasteiger partial charge < -0.3 is 0 Å². The van der Waals surface area contributed by atoms with E-state index >= 15 is 0 Å². The van der Waals surface area contributed by atoms with Crippen LogP contribution in [0.15, 0.2) is 0 Å². The van der Waals surface area contributed by atoms with Gasteiger partial charge in [-0.15, -0.1) is 62.0 Å². The monoisotopic (exact) mass is 1190 g/mol. The topological polar surface area (TPSA) is 0 Å². The van der Waals surface area contributed by atoms with Crippen LogP contribution in [0.25, 0.3) is 0 Å². The first kappa shape index (κ1) is 383. The Bertz CT molecular complexity index is 23.0. The molecule has 0 N–H and O–H groups in total. The van der Waals surface area contributed by atoms with Gasteiger partial charge in [-0.3, -0.25) is 0 Å². The Hall–Kier alpha value is 43.5. The van der Waals surface area contributed by atoms with E-state index in [2.05, 4.69) is 0 Å².